The summed E-state index contributed by atoms with van der Waals surface area (Å²) in [6.07, 6.45) is 0. The van der Waals surface area contributed by atoms with Crippen molar-refractivity contribution in [3.05, 3.63) is 63.7 Å². The zero-order valence-electron chi connectivity index (χ0n) is 11.5. The fourth-order valence-electron chi connectivity index (χ4n) is 1.78. The topological polar surface area (TPSA) is 69.4 Å². The minimum Gasteiger partial charge on any atom is -0.465 e. The van der Waals surface area contributed by atoms with Crippen LogP contribution in [0.25, 0.3) is 0 Å². The number of hydrogen-bond acceptors (Lipinski definition) is 5. The van der Waals surface area contributed by atoms with Gasteiger partial charge in [-0.1, -0.05) is 30.0 Å². The highest BCUT2D eigenvalue weighted by molar-refractivity contribution is 7.99. The molecule has 0 aromatic heterocycles. The molecule has 0 spiro atoms. The van der Waals surface area contributed by atoms with Crippen LogP contribution in [0.4, 0.5) is 5.69 Å². The lowest BCUT2D eigenvalue weighted by Crippen LogP contribution is -2.02. The van der Waals surface area contributed by atoms with Gasteiger partial charge in [0, 0.05) is 11.0 Å². The van der Waals surface area contributed by atoms with E-state index in [1.807, 2.05) is 31.2 Å². The second kappa shape index (κ2) is 6.41. The van der Waals surface area contributed by atoms with Crippen LogP contribution in [0.15, 0.2) is 52.3 Å². The van der Waals surface area contributed by atoms with Gasteiger partial charge in [0.2, 0.25) is 0 Å². The monoisotopic (exact) mass is 303 g/mol. The zero-order valence-corrected chi connectivity index (χ0v) is 12.3. The maximum Gasteiger partial charge on any atom is 0.337 e. The van der Waals surface area contributed by atoms with Crippen molar-refractivity contribution in [1.29, 1.82) is 0 Å². The smallest absolute Gasteiger partial charge is 0.337 e. The van der Waals surface area contributed by atoms with Crippen LogP contribution in [0, 0.1) is 17.0 Å². The molecule has 108 valence electrons. The number of carbonyl (C=O) groups excluding carboxylic acids is 1. The van der Waals surface area contributed by atoms with Gasteiger partial charge in [0.1, 0.15) is 0 Å². The fraction of sp³-hybridized carbons (Fsp3) is 0.133. The number of nitrogens with zero attached hydrogens (tertiary/aromatic N) is 1. The molecule has 2 aromatic carbocycles. The van der Waals surface area contributed by atoms with E-state index in [-0.39, 0.29) is 5.69 Å². The van der Waals surface area contributed by atoms with E-state index >= 15 is 0 Å². The molecule has 21 heavy (non-hydrogen) atoms. The molecule has 0 bridgehead atoms. The molecule has 0 saturated heterocycles. The second-order valence-electron chi connectivity index (χ2n) is 4.30. The predicted octanol–water partition coefficient (Wildman–Crippen LogP) is 3.84. The third-order valence-electron chi connectivity index (χ3n) is 2.89. The Morgan fingerprint density at radius 2 is 1.90 bits per heavy atom. The van der Waals surface area contributed by atoms with Crippen molar-refractivity contribution >= 4 is 23.4 Å². The Bertz CT molecular complexity index is 700. The van der Waals surface area contributed by atoms with Crippen LogP contribution in [-0.2, 0) is 4.74 Å². The third-order valence-corrected chi connectivity index (χ3v) is 4.12. The summed E-state index contributed by atoms with van der Waals surface area (Å²) < 4.78 is 4.65. The Morgan fingerprint density at radius 3 is 2.52 bits per heavy atom. The van der Waals surface area contributed by atoms with Crippen LogP contribution in [0.3, 0.4) is 0 Å². The van der Waals surface area contributed by atoms with Crippen LogP contribution >= 0.6 is 11.8 Å². The maximum absolute atomic E-state index is 11.6. The van der Waals surface area contributed by atoms with Crippen molar-refractivity contribution in [2.75, 3.05) is 7.11 Å². The van der Waals surface area contributed by atoms with Gasteiger partial charge in [-0.3, -0.25) is 10.1 Å². The van der Waals surface area contributed by atoms with E-state index < -0.39 is 10.9 Å². The second-order valence-corrected chi connectivity index (χ2v) is 5.38. The number of hydrogen-bond donors (Lipinski definition) is 0. The summed E-state index contributed by atoms with van der Waals surface area (Å²) in [7, 11) is 1.28. The van der Waals surface area contributed by atoms with E-state index in [4.69, 9.17) is 0 Å². The van der Waals surface area contributed by atoms with E-state index in [2.05, 4.69) is 4.74 Å². The number of aryl methyl sites for hydroxylation is 1. The number of ether oxygens (including phenoxy) is 1. The first kappa shape index (κ1) is 15.1. The van der Waals surface area contributed by atoms with E-state index in [9.17, 15) is 14.9 Å². The lowest BCUT2D eigenvalue weighted by Gasteiger charge is -2.07. The average Bonchev–Trinajstić information content (AvgIpc) is 2.48. The highest BCUT2D eigenvalue weighted by atomic mass is 32.2. The molecule has 0 heterocycles. The number of carbonyl (C=O) groups is 1. The summed E-state index contributed by atoms with van der Waals surface area (Å²) in [5.41, 5.74) is 1.27. The van der Waals surface area contributed by atoms with Crippen molar-refractivity contribution in [1.82, 2.24) is 0 Å². The molecule has 0 N–H and O–H groups in total. The fourth-order valence-corrected chi connectivity index (χ4v) is 2.83. The number of nitro benzene ring substituents is 1. The van der Waals surface area contributed by atoms with Crippen molar-refractivity contribution in [3.8, 4) is 0 Å². The molecule has 6 heteroatoms. The van der Waals surface area contributed by atoms with Gasteiger partial charge in [-0.2, -0.15) is 0 Å². The Kier molecular flexibility index (Phi) is 4.59. The molecule has 0 atom stereocenters. The van der Waals surface area contributed by atoms with Crippen LogP contribution < -0.4 is 0 Å². The zero-order chi connectivity index (χ0) is 15.4. The highest BCUT2D eigenvalue weighted by Gasteiger charge is 2.18. The molecule has 2 rings (SSSR count). The van der Waals surface area contributed by atoms with Gasteiger partial charge < -0.3 is 4.74 Å². The van der Waals surface area contributed by atoms with E-state index in [0.29, 0.717) is 10.5 Å². The summed E-state index contributed by atoms with van der Waals surface area (Å²) in [5, 5.41) is 11.1. The Labute approximate surface area is 126 Å². The minimum absolute atomic E-state index is 0.0316. The largest absolute Gasteiger partial charge is 0.465 e. The van der Waals surface area contributed by atoms with Crippen molar-refractivity contribution < 1.29 is 14.5 Å². The molecule has 2 aromatic rings. The first-order valence-corrected chi connectivity index (χ1v) is 6.95. The Balaban J connectivity index is 2.46. The lowest BCUT2D eigenvalue weighted by atomic mass is 10.2. The number of esters is 1. The first-order chi connectivity index (χ1) is 10.0. The molecule has 0 saturated carbocycles. The van der Waals surface area contributed by atoms with Gasteiger partial charge >= 0.3 is 5.97 Å². The molecule has 0 radical (unpaired) electrons. The number of rotatable bonds is 4. The van der Waals surface area contributed by atoms with Gasteiger partial charge in [0.15, 0.2) is 0 Å². The number of benzene rings is 2. The van der Waals surface area contributed by atoms with Gasteiger partial charge in [0.05, 0.1) is 22.5 Å². The SMILES string of the molecule is COC(=O)c1ccc([N+](=O)[O-])c(Sc2ccccc2C)c1. The van der Waals surface area contributed by atoms with Gasteiger partial charge in [-0.05, 0) is 30.7 Å². The van der Waals surface area contributed by atoms with Crippen LogP contribution in [0.2, 0.25) is 0 Å². The molecule has 0 aliphatic rings. The predicted molar refractivity (Wildman–Crippen MR) is 79.7 cm³/mol. The van der Waals surface area contributed by atoms with E-state index in [1.165, 1.54) is 37.1 Å². The highest BCUT2D eigenvalue weighted by Crippen LogP contribution is 2.36. The minimum atomic E-state index is -0.517. The molecule has 0 aliphatic heterocycles. The van der Waals surface area contributed by atoms with E-state index in [1.54, 1.807) is 0 Å². The molecule has 5 nitrogen and oxygen atoms in total. The summed E-state index contributed by atoms with van der Waals surface area (Å²) >= 11 is 1.26. The molecule has 0 amide bonds. The lowest BCUT2D eigenvalue weighted by molar-refractivity contribution is -0.387. The molecular formula is C15H13NO4S. The number of nitro groups is 1. The van der Waals surface area contributed by atoms with Gasteiger partial charge in [0.25, 0.3) is 5.69 Å². The summed E-state index contributed by atoms with van der Waals surface area (Å²) in [4.78, 5) is 23.6. The molecule has 0 unspecified atom stereocenters. The summed E-state index contributed by atoms with van der Waals surface area (Å²) in [5.74, 6) is -0.517. The summed E-state index contributed by atoms with van der Waals surface area (Å²) in [6, 6.07) is 11.8. The number of methoxy groups -OCH3 is 1. The van der Waals surface area contributed by atoms with Crippen LogP contribution in [0.1, 0.15) is 15.9 Å². The third kappa shape index (κ3) is 3.41. The molecule has 0 fully saturated rings. The maximum atomic E-state index is 11.6. The van der Waals surface area contributed by atoms with Gasteiger partial charge in [-0.25, -0.2) is 4.79 Å². The average molecular weight is 303 g/mol. The normalized spacial score (nSPS) is 10.2. The van der Waals surface area contributed by atoms with Crippen molar-refractivity contribution in [2.24, 2.45) is 0 Å². The van der Waals surface area contributed by atoms with Crippen molar-refractivity contribution in [3.63, 3.8) is 0 Å². The molecule has 0 aliphatic carbocycles. The van der Waals surface area contributed by atoms with Gasteiger partial charge in [-0.15, -0.1) is 0 Å². The Hall–Kier alpha value is -2.34. The summed E-state index contributed by atoms with van der Waals surface area (Å²) in [6.45, 7) is 1.93. The van der Waals surface area contributed by atoms with Crippen LogP contribution in [0.5, 0.6) is 0 Å². The molecular weight excluding hydrogens is 290 g/mol. The standard InChI is InChI=1S/C15H13NO4S/c1-10-5-3-4-6-13(10)21-14-9-11(15(17)20-2)7-8-12(14)16(18)19/h3-9H,1-2H3. The van der Waals surface area contributed by atoms with Crippen LogP contribution in [-0.4, -0.2) is 18.0 Å². The van der Waals surface area contributed by atoms with E-state index in [0.717, 1.165) is 10.5 Å². The van der Waals surface area contributed by atoms with Crippen molar-refractivity contribution in [2.45, 2.75) is 16.7 Å². The Morgan fingerprint density at radius 1 is 1.19 bits per heavy atom. The first-order valence-electron chi connectivity index (χ1n) is 6.13. The quantitative estimate of drug-likeness (QED) is 0.487.